The molecule has 0 aliphatic rings. The molecule has 2 amide bonds. The Kier molecular flexibility index (Phi) is 9.39. The molecule has 0 spiro atoms. The molecule has 0 aliphatic carbocycles. The van der Waals surface area contributed by atoms with Gasteiger partial charge < -0.3 is 15.5 Å². The maximum absolute atomic E-state index is 13.0. The van der Waals surface area contributed by atoms with Gasteiger partial charge in [0.25, 0.3) is 5.91 Å². The van der Waals surface area contributed by atoms with Crippen LogP contribution >= 0.6 is 0 Å². The molecule has 2 aromatic rings. The van der Waals surface area contributed by atoms with Crippen molar-refractivity contribution in [1.29, 1.82) is 0 Å². The van der Waals surface area contributed by atoms with Crippen LogP contribution in [0.4, 0.5) is 11.4 Å². The van der Waals surface area contributed by atoms with E-state index in [0.717, 1.165) is 24.1 Å². The number of carbonyl (C=O) groups is 2. The molecule has 1 atom stereocenters. The second kappa shape index (κ2) is 12.0. The number of hydrogen-bond donors (Lipinski definition) is 2. The average Bonchev–Trinajstić information content (AvgIpc) is 2.74. The Hall–Kier alpha value is -2.82. The van der Waals surface area contributed by atoms with Crippen LogP contribution in [0.3, 0.4) is 0 Å². The molecule has 2 N–H and O–H groups in total. The molecule has 2 aromatic carbocycles. The molecular formula is C25H35N3O2. The van der Waals surface area contributed by atoms with Crippen LogP contribution < -0.4 is 15.5 Å². The van der Waals surface area contributed by atoms with Crippen molar-refractivity contribution in [3.63, 3.8) is 0 Å². The third-order valence-corrected chi connectivity index (χ3v) is 5.16. The first-order chi connectivity index (χ1) is 14.4. The zero-order valence-electron chi connectivity index (χ0n) is 18.7. The Morgan fingerprint density at radius 3 is 2.33 bits per heavy atom. The molecule has 1 unspecified atom stereocenters. The Balaban J connectivity index is 2.06. The molecule has 2 rings (SSSR count). The second-order valence-electron chi connectivity index (χ2n) is 7.94. The van der Waals surface area contributed by atoms with E-state index in [9.17, 15) is 9.59 Å². The largest absolute Gasteiger partial charge is 0.377 e. The van der Waals surface area contributed by atoms with Crippen LogP contribution in [0.5, 0.6) is 0 Å². The SMILES string of the molecule is CCCCCCCC(=O)Nc1ccc(N(C)C)c(C(=O)NC(C)c2ccccc2)c1. The minimum Gasteiger partial charge on any atom is -0.377 e. The van der Waals surface area contributed by atoms with Gasteiger partial charge in [-0.3, -0.25) is 9.59 Å². The number of benzene rings is 2. The summed E-state index contributed by atoms with van der Waals surface area (Å²) in [5.74, 6) is -0.168. The number of rotatable bonds is 11. The van der Waals surface area contributed by atoms with E-state index < -0.39 is 0 Å². The van der Waals surface area contributed by atoms with Crippen molar-refractivity contribution in [2.45, 2.75) is 58.4 Å². The summed E-state index contributed by atoms with van der Waals surface area (Å²) < 4.78 is 0. The van der Waals surface area contributed by atoms with Gasteiger partial charge in [-0.1, -0.05) is 62.9 Å². The molecule has 5 nitrogen and oxygen atoms in total. The molecule has 0 heterocycles. The lowest BCUT2D eigenvalue weighted by Gasteiger charge is -2.20. The van der Waals surface area contributed by atoms with E-state index in [2.05, 4.69) is 17.6 Å². The first-order valence-corrected chi connectivity index (χ1v) is 10.9. The summed E-state index contributed by atoms with van der Waals surface area (Å²) in [5.41, 5.74) is 3.05. The van der Waals surface area contributed by atoms with Crippen molar-refractivity contribution < 1.29 is 9.59 Å². The van der Waals surface area contributed by atoms with Crippen molar-refractivity contribution in [2.75, 3.05) is 24.3 Å². The monoisotopic (exact) mass is 409 g/mol. The van der Waals surface area contributed by atoms with E-state index in [1.165, 1.54) is 19.3 Å². The molecule has 5 heteroatoms. The maximum atomic E-state index is 13.0. The Labute approximate surface area is 180 Å². The molecule has 0 radical (unpaired) electrons. The van der Waals surface area contributed by atoms with Crippen LogP contribution in [-0.2, 0) is 4.79 Å². The number of anilines is 2. The van der Waals surface area contributed by atoms with E-state index in [4.69, 9.17) is 0 Å². The smallest absolute Gasteiger partial charge is 0.253 e. The number of amides is 2. The van der Waals surface area contributed by atoms with Gasteiger partial charge in [-0.15, -0.1) is 0 Å². The Morgan fingerprint density at radius 2 is 1.67 bits per heavy atom. The molecule has 0 aliphatic heterocycles. The second-order valence-corrected chi connectivity index (χ2v) is 7.94. The first-order valence-electron chi connectivity index (χ1n) is 10.9. The van der Waals surface area contributed by atoms with Crippen LogP contribution in [0.15, 0.2) is 48.5 Å². The predicted molar refractivity (Wildman–Crippen MR) is 125 cm³/mol. The minimum absolute atomic E-state index is 0.00638. The van der Waals surface area contributed by atoms with Crippen LogP contribution in [0.25, 0.3) is 0 Å². The fourth-order valence-corrected chi connectivity index (χ4v) is 3.40. The molecular weight excluding hydrogens is 374 g/mol. The molecule has 0 saturated heterocycles. The summed E-state index contributed by atoms with van der Waals surface area (Å²) in [7, 11) is 3.81. The van der Waals surface area contributed by atoms with E-state index >= 15 is 0 Å². The maximum Gasteiger partial charge on any atom is 0.253 e. The van der Waals surface area contributed by atoms with Gasteiger partial charge in [0.15, 0.2) is 0 Å². The van der Waals surface area contributed by atoms with Gasteiger partial charge >= 0.3 is 0 Å². The lowest BCUT2D eigenvalue weighted by Crippen LogP contribution is -2.28. The van der Waals surface area contributed by atoms with Gasteiger partial charge in [-0.25, -0.2) is 0 Å². The minimum atomic E-state index is -0.161. The van der Waals surface area contributed by atoms with Crippen LogP contribution in [-0.4, -0.2) is 25.9 Å². The van der Waals surface area contributed by atoms with Gasteiger partial charge in [-0.05, 0) is 37.1 Å². The number of nitrogens with zero attached hydrogens (tertiary/aromatic N) is 1. The van der Waals surface area contributed by atoms with Crippen LogP contribution in [0.1, 0.15) is 74.3 Å². The quantitative estimate of drug-likeness (QED) is 0.479. The molecule has 0 fully saturated rings. The van der Waals surface area contributed by atoms with Gasteiger partial charge in [0, 0.05) is 31.9 Å². The standard InChI is InChI=1S/C25H35N3O2/c1-5-6-7-8-12-15-24(29)27-21-16-17-23(28(3)4)22(18-21)25(30)26-19(2)20-13-10-9-11-14-20/h9-11,13-14,16-19H,5-8,12,15H2,1-4H3,(H,26,30)(H,27,29). The zero-order valence-corrected chi connectivity index (χ0v) is 18.7. The van der Waals surface area contributed by atoms with Crippen molar-refractivity contribution in [2.24, 2.45) is 0 Å². The number of nitrogens with one attached hydrogen (secondary N) is 2. The summed E-state index contributed by atoms with van der Waals surface area (Å²) in [4.78, 5) is 27.2. The number of unbranched alkanes of at least 4 members (excludes halogenated alkanes) is 4. The molecule has 162 valence electrons. The summed E-state index contributed by atoms with van der Waals surface area (Å²) in [6.07, 6.45) is 6.05. The Bertz CT molecular complexity index is 818. The zero-order chi connectivity index (χ0) is 21.9. The summed E-state index contributed by atoms with van der Waals surface area (Å²) in [6.45, 7) is 4.14. The van der Waals surface area contributed by atoms with Gasteiger partial charge in [-0.2, -0.15) is 0 Å². The third-order valence-electron chi connectivity index (χ3n) is 5.16. The predicted octanol–water partition coefficient (Wildman–Crippen LogP) is 5.54. The highest BCUT2D eigenvalue weighted by Gasteiger charge is 2.17. The summed E-state index contributed by atoms with van der Waals surface area (Å²) in [6, 6.07) is 15.2. The lowest BCUT2D eigenvalue weighted by atomic mass is 10.1. The molecule has 0 saturated carbocycles. The highest BCUT2D eigenvalue weighted by atomic mass is 16.2. The normalized spacial score (nSPS) is 11.6. The molecule has 0 bridgehead atoms. The number of carbonyl (C=O) groups excluding carboxylic acids is 2. The molecule has 0 aromatic heterocycles. The fraction of sp³-hybridized carbons (Fsp3) is 0.440. The van der Waals surface area contributed by atoms with Crippen LogP contribution in [0.2, 0.25) is 0 Å². The van der Waals surface area contributed by atoms with Crippen molar-refractivity contribution in [3.8, 4) is 0 Å². The van der Waals surface area contributed by atoms with Crippen molar-refractivity contribution in [1.82, 2.24) is 5.32 Å². The van der Waals surface area contributed by atoms with Gasteiger partial charge in [0.05, 0.1) is 11.6 Å². The van der Waals surface area contributed by atoms with E-state index in [0.29, 0.717) is 17.7 Å². The average molecular weight is 410 g/mol. The summed E-state index contributed by atoms with van der Waals surface area (Å²) in [5, 5.41) is 6.01. The number of hydrogen-bond acceptors (Lipinski definition) is 3. The van der Waals surface area contributed by atoms with E-state index in [-0.39, 0.29) is 17.9 Å². The van der Waals surface area contributed by atoms with Gasteiger partial charge in [0.1, 0.15) is 0 Å². The highest BCUT2D eigenvalue weighted by Crippen LogP contribution is 2.24. The fourth-order valence-electron chi connectivity index (χ4n) is 3.40. The van der Waals surface area contributed by atoms with Gasteiger partial charge in [0.2, 0.25) is 5.91 Å². The topological polar surface area (TPSA) is 61.4 Å². The van der Waals surface area contributed by atoms with Crippen molar-refractivity contribution >= 4 is 23.2 Å². The van der Waals surface area contributed by atoms with E-state index in [1.807, 2.05) is 68.4 Å². The Morgan fingerprint density at radius 1 is 0.967 bits per heavy atom. The highest BCUT2D eigenvalue weighted by molar-refractivity contribution is 6.02. The first kappa shape index (κ1) is 23.5. The van der Waals surface area contributed by atoms with Crippen LogP contribution in [0, 0.1) is 0 Å². The molecule has 30 heavy (non-hydrogen) atoms. The van der Waals surface area contributed by atoms with E-state index in [1.54, 1.807) is 6.07 Å². The van der Waals surface area contributed by atoms with Crippen molar-refractivity contribution in [3.05, 3.63) is 59.7 Å². The summed E-state index contributed by atoms with van der Waals surface area (Å²) >= 11 is 0. The third kappa shape index (κ3) is 7.21. The lowest BCUT2D eigenvalue weighted by molar-refractivity contribution is -0.116.